The third-order valence-electron chi connectivity index (χ3n) is 5.96. The minimum atomic E-state index is -0.246. The number of nitrogen functional groups attached to an aromatic ring is 1. The van der Waals surface area contributed by atoms with Crippen molar-refractivity contribution in [1.82, 2.24) is 4.98 Å². The summed E-state index contributed by atoms with van der Waals surface area (Å²) in [4.78, 5) is 15.2. The fourth-order valence-corrected chi connectivity index (χ4v) is 4.33. The predicted octanol–water partition coefficient (Wildman–Crippen LogP) is 5.79. The summed E-state index contributed by atoms with van der Waals surface area (Å²) in [6.07, 6.45) is 3.99. The molecule has 1 unspecified atom stereocenters. The van der Waals surface area contributed by atoms with Crippen molar-refractivity contribution < 1.29 is 0 Å². The first-order valence-corrected chi connectivity index (χ1v) is 10.0. The maximum Gasteiger partial charge on any atom is 0.271 e. The van der Waals surface area contributed by atoms with Crippen LogP contribution in [0.3, 0.4) is 0 Å². The zero-order valence-electron chi connectivity index (χ0n) is 16.5. The summed E-state index contributed by atoms with van der Waals surface area (Å²) < 4.78 is 0. The van der Waals surface area contributed by atoms with E-state index >= 15 is 0 Å². The molecule has 3 nitrogen and oxygen atoms in total. The minimum absolute atomic E-state index is 0.237. The molecular formula is C25H27N2O. The van der Waals surface area contributed by atoms with Gasteiger partial charge in [0.05, 0.1) is 11.4 Å². The number of H-pyrrole nitrogens is 1. The summed E-state index contributed by atoms with van der Waals surface area (Å²) >= 11 is 0. The molecule has 0 aliphatic heterocycles. The molecule has 1 atom stereocenters. The number of aromatic amines is 1. The van der Waals surface area contributed by atoms with Crippen molar-refractivity contribution in [2.45, 2.75) is 39.0 Å². The van der Waals surface area contributed by atoms with E-state index in [1.165, 1.54) is 30.7 Å². The van der Waals surface area contributed by atoms with Crippen LogP contribution in [0.4, 0.5) is 5.69 Å². The molecule has 3 aromatic rings. The Kier molecular flexibility index (Phi) is 5.08. The van der Waals surface area contributed by atoms with Crippen LogP contribution in [0.1, 0.15) is 44.6 Å². The Balaban J connectivity index is 1.75. The van der Waals surface area contributed by atoms with Crippen molar-refractivity contribution >= 4 is 5.69 Å². The van der Waals surface area contributed by atoms with E-state index in [2.05, 4.69) is 43.1 Å². The lowest BCUT2D eigenvalue weighted by atomic mass is 9.68. The highest BCUT2D eigenvalue weighted by molar-refractivity contribution is 5.82. The number of nitrogens with two attached hydrogens (primary N) is 1. The standard InChI is InChI=1S/C25H27N2O/c1-16(2)23(18-9-6-10-18)19-11-13-20(14-12-19)24-21(15-22(26)25(28)27-24)17-7-4-3-5-8-17/h3-5,7-8,11-15,18,23H,6,9-10,26H2,1-2H3,(H,27,28). The summed E-state index contributed by atoms with van der Waals surface area (Å²) in [5.74, 6) is 2.78. The van der Waals surface area contributed by atoms with E-state index in [0.29, 0.717) is 5.92 Å². The van der Waals surface area contributed by atoms with Gasteiger partial charge in [-0.2, -0.15) is 0 Å². The maximum absolute atomic E-state index is 12.2. The Morgan fingerprint density at radius 1 is 1.00 bits per heavy atom. The molecule has 0 amide bonds. The number of rotatable bonds is 5. The Morgan fingerprint density at radius 3 is 2.25 bits per heavy atom. The second kappa shape index (κ2) is 7.67. The molecule has 1 saturated carbocycles. The van der Waals surface area contributed by atoms with Gasteiger partial charge >= 0.3 is 0 Å². The smallest absolute Gasteiger partial charge is 0.271 e. The van der Waals surface area contributed by atoms with Gasteiger partial charge in [-0.25, -0.2) is 0 Å². The Hall–Kier alpha value is -2.81. The lowest BCUT2D eigenvalue weighted by Crippen LogP contribution is -2.23. The maximum atomic E-state index is 12.2. The van der Waals surface area contributed by atoms with Gasteiger partial charge in [0.2, 0.25) is 0 Å². The highest BCUT2D eigenvalue weighted by Gasteiger charge is 2.30. The molecule has 3 heteroatoms. The number of aromatic nitrogens is 1. The summed E-state index contributed by atoms with van der Waals surface area (Å²) in [7, 11) is 0. The van der Waals surface area contributed by atoms with E-state index in [-0.39, 0.29) is 11.2 Å². The molecule has 1 radical (unpaired) electrons. The van der Waals surface area contributed by atoms with Gasteiger partial charge in [0.15, 0.2) is 0 Å². The molecular weight excluding hydrogens is 344 g/mol. The lowest BCUT2D eigenvalue weighted by molar-refractivity contribution is 0.267. The molecule has 2 aromatic carbocycles. The lowest BCUT2D eigenvalue weighted by Gasteiger charge is -2.36. The van der Waals surface area contributed by atoms with Crippen LogP contribution >= 0.6 is 0 Å². The van der Waals surface area contributed by atoms with E-state index in [0.717, 1.165) is 28.3 Å². The van der Waals surface area contributed by atoms with Crippen LogP contribution in [-0.4, -0.2) is 4.98 Å². The second-order valence-electron chi connectivity index (χ2n) is 8.08. The molecule has 3 N–H and O–H groups in total. The monoisotopic (exact) mass is 371 g/mol. The SMILES string of the molecule is C[C](C)C(c1ccc(-c2[nH]c(=O)c(N)cc2-c2ccccc2)cc1)C1CCC1. The van der Waals surface area contributed by atoms with Gasteiger partial charge in [-0.15, -0.1) is 0 Å². The van der Waals surface area contributed by atoms with Gasteiger partial charge in [0.1, 0.15) is 0 Å². The molecule has 1 heterocycles. The number of nitrogens with one attached hydrogen (secondary N) is 1. The minimum Gasteiger partial charge on any atom is -0.394 e. The van der Waals surface area contributed by atoms with Crippen molar-refractivity contribution in [2.75, 3.05) is 5.73 Å². The van der Waals surface area contributed by atoms with Crippen LogP contribution in [-0.2, 0) is 0 Å². The Labute approximate surface area is 166 Å². The van der Waals surface area contributed by atoms with Gasteiger partial charge in [0, 0.05) is 5.56 Å². The second-order valence-corrected chi connectivity index (χ2v) is 8.08. The van der Waals surface area contributed by atoms with Crippen LogP contribution in [0, 0.1) is 11.8 Å². The third kappa shape index (κ3) is 3.49. The van der Waals surface area contributed by atoms with E-state index in [9.17, 15) is 4.79 Å². The van der Waals surface area contributed by atoms with Gasteiger partial charge in [0.25, 0.3) is 5.56 Å². The highest BCUT2D eigenvalue weighted by Crippen LogP contribution is 2.44. The van der Waals surface area contributed by atoms with Crippen molar-refractivity contribution in [1.29, 1.82) is 0 Å². The van der Waals surface area contributed by atoms with Gasteiger partial charge in [-0.1, -0.05) is 74.9 Å². The molecule has 28 heavy (non-hydrogen) atoms. The van der Waals surface area contributed by atoms with Crippen molar-refractivity contribution in [2.24, 2.45) is 5.92 Å². The topological polar surface area (TPSA) is 58.9 Å². The third-order valence-corrected chi connectivity index (χ3v) is 5.96. The van der Waals surface area contributed by atoms with Crippen LogP contribution in [0.2, 0.25) is 0 Å². The number of hydrogen-bond donors (Lipinski definition) is 2. The van der Waals surface area contributed by atoms with Crippen LogP contribution in [0.15, 0.2) is 65.5 Å². The average molecular weight is 372 g/mol. The number of benzene rings is 2. The Morgan fingerprint density at radius 2 is 1.68 bits per heavy atom. The quantitative estimate of drug-likeness (QED) is 0.596. The summed E-state index contributed by atoms with van der Waals surface area (Å²) in [6, 6.07) is 20.5. The molecule has 0 spiro atoms. The van der Waals surface area contributed by atoms with Crippen molar-refractivity contribution in [3.05, 3.63) is 82.5 Å². The molecule has 143 valence electrons. The summed E-state index contributed by atoms with van der Waals surface area (Å²) in [5.41, 5.74) is 11.1. The largest absolute Gasteiger partial charge is 0.394 e. The van der Waals surface area contributed by atoms with Gasteiger partial charge < -0.3 is 10.7 Å². The molecule has 1 aliphatic rings. The van der Waals surface area contributed by atoms with Crippen LogP contribution in [0.25, 0.3) is 22.4 Å². The fraction of sp³-hybridized carbons (Fsp3) is 0.280. The molecule has 0 saturated heterocycles. The molecule has 1 aromatic heterocycles. The van der Waals surface area contributed by atoms with E-state index in [1.54, 1.807) is 6.07 Å². The summed E-state index contributed by atoms with van der Waals surface area (Å²) in [5, 5.41) is 0. The number of anilines is 1. The highest BCUT2D eigenvalue weighted by atomic mass is 16.1. The normalized spacial score (nSPS) is 15.4. The van der Waals surface area contributed by atoms with Gasteiger partial charge in [-0.3, -0.25) is 4.79 Å². The fourth-order valence-electron chi connectivity index (χ4n) is 4.33. The zero-order chi connectivity index (χ0) is 19.7. The first-order chi connectivity index (χ1) is 13.5. The van der Waals surface area contributed by atoms with Crippen molar-refractivity contribution in [3.8, 4) is 22.4 Å². The van der Waals surface area contributed by atoms with Crippen molar-refractivity contribution in [3.63, 3.8) is 0 Å². The van der Waals surface area contributed by atoms with E-state index < -0.39 is 0 Å². The Bertz CT molecular complexity index is 999. The first kappa shape index (κ1) is 18.5. The number of hydrogen-bond acceptors (Lipinski definition) is 2. The van der Waals surface area contributed by atoms with Gasteiger partial charge in [-0.05, 0) is 53.4 Å². The molecule has 4 rings (SSSR count). The van der Waals surface area contributed by atoms with E-state index in [1.807, 2.05) is 30.3 Å². The predicted molar refractivity (Wildman–Crippen MR) is 117 cm³/mol. The number of pyridine rings is 1. The van der Waals surface area contributed by atoms with E-state index in [4.69, 9.17) is 5.73 Å². The van der Waals surface area contributed by atoms with Crippen LogP contribution in [0.5, 0.6) is 0 Å². The molecule has 1 aliphatic carbocycles. The zero-order valence-corrected chi connectivity index (χ0v) is 16.5. The first-order valence-electron chi connectivity index (χ1n) is 10.0. The molecule has 0 bridgehead atoms. The molecule has 1 fully saturated rings. The van der Waals surface area contributed by atoms with Crippen LogP contribution < -0.4 is 11.3 Å². The average Bonchev–Trinajstić information content (AvgIpc) is 2.67. The summed E-state index contributed by atoms with van der Waals surface area (Å²) in [6.45, 7) is 4.48.